The molecule has 1 N–H and O–H groups in total. The number of nitrogens with one attached hydrogen (secondary N) is 1. The molecule has 0 bridgehead atoms. The van der Waals surface area contributed by atoms with E-state index < -0.39 is 6.10 Å². The van der Waals surface area contributed by atoms with Gasteiger partial charge in [0.25, 0.3) is 5.91 Å². The molecule has 26 heavy (non-hydrogen) atoms. The first-order valence-corrected chi connectivity index (χ1v) is 9.35. The fourth-order valence-corrected chi connectivity index (χ4v) is 3.61. The molecule has 0 unspecified atom stereocenters. The highest BCUT2D eigenvalue weighted by molar-refractivity contribution is 5.86. The van der Waals surface area contributed by atoms with Crippen LogP contribution in [-0.2, 0) is 9.59 Å². The van der Waals surface area contributed by atoms with Crippen LogP contribution in [0.3, 0.4) is 0 Å². The highest BCUT2D eigenvalue weighted by Gasteiger charge is 2.32. The van der Waals surface area contributed by atoms with Crippen molar-refractivity contribution in [2.24, 2.45) is 0 Å². The molecule has 1 aromatic rings. The van der Waals surface area contributed by atoms with Crippen molar-refractivity contribution in [1.82, 2.24) is 10.2 Å². The van der Waals surface area contributed by atoms with Gasteiger partial charge in [-0.25, -0.2) is 0 Å². The molecule has 0 fully saturated rings. The van der Waals surface area contributed by atoms with Crippen LogP contribution in [0.1, 0.15) is 32.6 Å². The molecule has 2 amide bonds. The van der Waals surface area contributed by atoms with Gasteiger partial charge in [-0.15, -0.1) is 0 Å². The van der Waals surface area contributed by atoms with E-state index in [9.17, 15) is 9.59 Å². The predicted molar refractivity (Wildman–Crippen MR) is 101 cm³/mol. The topological polar surface area (TPSA) is 61.9 Å². The van der Waals surface area contributed by atoms with Crippen LogP contribution in [0.4, 0.5) is 5.69 Å². The van der Waals surface area contributed by atoms with Crippen LogP contribution in [0, 0.1) is 0 Å². The number of fused-ring (bicyclic) bond motifs is 1. The van der Waals surface area contributed by atoms with E-state index in [2.05, 4.69) is 11.4 Å². The zero-order chi connectivity index (χ0) is 18.5. The van der Waals surface area contributed by atoms with Gasteiger partial charge in [0, 0.05) is 19.3 Å². The molecule has 1 aliphatic carbocycles. The molecule has 0 saturated heterocycles. The van der Waals surface area contributed by atoms with Crippen LogP contribution in [0.25, 0.3) is 0 Å². The van der Waals surface area contributed by atoms with Crippen LogP contribution < -0.4 is 15.0 Å². The van der Waals surface area contributed by atoms with Gasteiger partial charge in [0.1, 0.15) is 5.75 Å². The van der Waals surface area contributed by atoms with Crippen LogP contribution in [0.2, 0.25) is 0 Å². The third kappa shape index (κ3) is 3.84. The summed E-state index contributed by atoms with van der Waals surface area (Å²) in [5.41, 5.74) is 1.99. The SMILES string of the molecule is CCN(C(=O)CN1C[C@@H](C(=O)NC)Oc2ccccc21)C1=CCCCC1. The largest absolute Gasteiger partial charge is 0.477 e. The number of para-hydroxylation sites is 2. The van der Waals surface area contributed by atoms with Crippen molar-refractivity contribution in [3.63, 3.8) is 0 Å². The Labute approximate surface area is 154 Å². The van der Waals surface area contributed by atoms with Gasteiger partial charge in [0.2, 0.25) is 5.91 Å². The zero-order valence-electron chi connectivity index (χ0n) is 15.5. The summed E-state index contributed by atoms with van der Waals surface area (Å²) >= 11 is 0. The molecular formula is C20H27N3O3. The Bertz CT molecular complexity index is 701. The number of ether oxygens (including phenoxy) is 1. The third-order valence-corrected chi connectivity index (χ3v) is 4.96. The first-order valence-electron chi connectivity index (χ1n) is 9.35. The number of nitrogens with zero attached hydrogens (tertiary/aromatic N) is 2. The molecule has 2 aliphatic rings. The molecule has 1 heterocycles. The lowest BCUT2D eigenvalue weighted by Gasteiger charge is -2.36. The van der Waals surface area contributed by atoms with E-state index >= 15 is 0 Å². The van der Waals surface area contributed by atoms with Crippen LogP contribution in [-0.4, -0.2) is 49.5 Å². The molecule has 0 saturated carbocycles. The zero-order valence-corrected chi connectivity index (χ0v) is 15.5. The second-order valence-corrected chi connectivity index (χ2v) is 6.65. The van der Waals surface area contributed by atoms with Crippen LogP contribution in [0.15, 0.2) is 36.0 Å². The van der Waals surface area contributed by atoms with Crippen LogP contribution in [0.5, 0.6) is 5.75 Å². The van der Waals surface area contributed by atoms with Gasteiger partial charge in [0.05, 0.1) is 18.8 Å². The summed E-state index contributed by atoms with van der Waals surface area (Å²) in [5.74, 6) is 0.521. The molecule has 0 aromatic heterocycles. The van der Waals surface area contributed by atoms with Crippen molar-refractivity contribution in [2.75, 3.05) is 31.6 Å². The van der Waals surface area contributed by atoms with E-state index in [0.29, 0.717) is 18.8 Å². The standard InChI is InChI=1S/C20H27N3O3/c1-3-23(15-9-5-4-6-10-15)19(24)14-22-13-18(20(25)21-2)26-17-12-8-7-11-16(17)22/h7-9,11-12,18H,3-6,10,13-14H2,1-2H3,(H,21,25)/t18-/m0/s1. The van der Waals surface area contributed by atoms with Gasteiger partial charge in [0.15, 0.2) is 6.10 Å². The van der Waals surface area contributed by atoms with Crippen molar-refractivity contribution < 1.29 is 14.3 Å². The monoisotopic (exact) mass is 357 g/mol. The fraction of sp³-hybridized carbons (Fsp3) is 0.500. The fourth-order valence-electron chi connectivity index (χ4n) is 3.61. The summed E-state index contributed by atoms with van der Waals surface area (Å²) in [6.45, 7) is 3.27. The summed E-state index contributed by atoms with van der Waals surface area (Å²) in [4.78, 5) is 28.9. The number of hydrogen-bond donors (Lipinski definition) is 1. The van der Waals surface area contributed by atoms with E-state index in [-0.39, 0.29) is 18.4 Å². The lowest BCUT2D eigenvalue weighted by Crippen LogP contribution is -2.51. The van der Waals surface area contributed by atoms with Gasteiger partial charge in [-0.3, -0.25) is 9.59 Å². The number of carbonyl (C=O) groups excluding carboxylic acids is 2. The highest BCUT2D eigenvalue weighted by atomic mass is 16.5. The smallest absolute Gasteiger partial charge is 0.262 e. The van der Waals surface area contributed by atoms with Crippen molar-refractivity contribution >= 4 is 17.5 Å². The maximum absolute atomic E-state index is 13.0. The Hall–Kier alpha value is -2.50. The molecule has 1 aliphatic heterocycles. The number of benzene rings is 1. The molecule has 140 valence electrons. The average Bonchev–Trinajstić information content (AvgIpc) is 2.68. The van der Waals surface area contributed by atoms with Gasteiger partial charge < -0.3 is 19.9 Å². The Morgan fingerprint density at radius 3 is 2.81 bits per heavy atom. The molecule has 0 radical (unpaired) electrons. The summed E-state index contributed by atoms with van der Waals surface area (Å²) in [6.07, 6.45) is 5.89. The summed E-state index contributed by atoms with van der Waals surface area (Å²) in [6, 6.07) is 7.55. The number of likely N-dealkylation sites (N-methyl/N-ethyl adjacent to an activating group) is 2. The quantitative estimate of drug-likeness (QED) is 0.878. The average molecular weight is 357 g/mol. The summed E-state index contributed by atoms with van der Waals surface area (Å²) < 4.78 is 5.81. The molecule has 1 aromatic carbocycles. The number of hydrogen-bond acceptors (Lipinski definition) is 4. The molecule has 1 atom stereocenters. The Morgan fingerprint density at radius 2 is 2.12 bits per heavy atom. The Kier molecular flexibility index (Phi) is 5.81. The van der Waals surface area contributed by atoms with E-state index in [4.69, 9.17) is 4.74 Å². The molecule has 6 nitrogen and oxygen atoms in total. The Balaban J connectivity index is 1.79. The van der Waals surface area contributed by atoms with Crippen molar-refractivity contribution in [1.29, 1.82) is 0 Å². The minimum absolute atomic E-state index is 0.0630. The first-order chi connectivity index (χ1) is 12.6. The molecule has 6 heteroatoms. The van der Waals surface area contributed by atoms with Gasteiger partial charge in [-0.2, -0.15) is 0 Å². The maximum Gasteiger partial charge on any atom is 0.262 e. The lowest BCUT2D eigenvalue weighted by molar-refractivity contribution is -0.129. The number of anilines is 1. The molecule has 0 spiro atoms. The third-order valence-electron chi connectivity index (χ3n) is 4.96. The minimum atomic E-state index is -0.619. The van der Waals surface area contributed by atoms with Gasteiger partial charge in [-0.05, 0) is 44.7 Å². The molecular weight excluding hydrogens is 330 g/mol. The number of allylic oxidation sites excluding steroid dienone is 2. The lowest BCUT2D eigenvalue weighted by atomic mass is 10.0. The van der Waals surface area contributed by atoms with Crippen molar-refractivity contribution in [2.45, 2.75) is 38.7 Å². The number of rotatable bonds is 5. The number of carbonyl (C=O) groups is 2. The number of amides is 2. The van der Waals surface area contributed by atoms with Crippen LogP contribution >= 0.6 is 0 Å². The van der Waals surface area contributed by atoms with E-state index in [0.717, 1.165) is 30.6 Å². The second-order valence-electron chi connectivity index (χ2n) is 6.65. The highest BCUT2D eigenvalue weighted by Crippen LogP contribution is 2.33. The summed E-state index contributed by atoms with van der Waals surface area (Å²) in [7, 11) is 1.59. The summed E-state index contributed by atoms with van der Waals surface area (Å²) in [5, 5.41) is 2.63. The van der Waals surface area contributed by atoms with Gasteiger partial charge in [-0.1, -0.05) is 18.2 Å². The Morgan fingerprint density at radius 1 is 1.31 bits per heavy atom. The van der Waals surface area contributed by atoms with Gasteiger partial charge >= 0.3 is 0 Å². The maximum atomic E-state index is 13.0. The first kappa shape index (κ1) is 18.3. The van der Waals surface area contributed by atoms with E-state index in [1.165, 1.54) is 6.42 Å². The van der Waals surface area contributed by atoms with Crippen molar-refractivity contribution in [3.8, 4) is 5.75 Å². The predicted octanol–water partition coefficient (Wildman–Crippen LogP) is 2.31. The second kappa shape index (κ2) is 8.25. The minimum Gasteiger partial charge on any atom is -0.477 e. The normalized spacial score (nSPS) is 19.1. The molecule has 3 rings (SSSR count). The van der Waals surface area contributed by atoms with E-state index in [1.807, 2.05) is 41.0 Å². The van der Waals surface area contributed by atoms with Crippen molar-refractivity contribution in [3.05, 3.63) is 36.0 Å². The van der Waals surface area contributed by atoms with E-state index in [1.54, 1.807) is 7.05 Å².